The molecule has 136 valence electrons. The summed E-state index contributed by atoms with van der Waals surface area (Å²) in [5.74, 6) is 0.903. The summed E-state index contributed by atoms with van der Waals surface area (Å²) in [6, 6.07) is 9.56. The predicted molar refractivity (Wildman–Crippen MR) is 98.3 cm³/mol. The zero-order valence-corrected chi connectivity index (χ0v) is 15.7. The van der Waals surface area contributed by atoms with Gasteiger partial charge in [0.1, 0.15) is 5.76 Å². The van der Waals surface area contributed by atoms with Crippen LogP contribution >= 0.6 is 11.8 Å². The van der Waals surface area contributed by atoms with Crippen molar-refractivity contribution in [2.24, 2.45) is 0 Å². The van der Waals surface area contributed by atoms with Crippen molar-refractivity contribution in [2.45, 2.75) is 44.0 Å². The number of thioether (sulfide) groups is 1. The second kappa shape index (κ2) is 8.13. The summed E-state index contributed by atoms with van der Waals surface area (Å²) < 4.78 is 6.64. The van der Waals surface area contributed by atoms with E-state index in [9.17, 15) is 4.79 Å². The molecule has 0 aliphatic carbocycles. The maximum atomic E-state index is 12.6. The average molecular weight is 372 g/mol. The molecule has 1 amide bonds. The lowest BCUT2D eigenvalue weighted by Crippen LogP contribution is -2.25. The molecule has 0 radical (unpaired) electrons. The van der Waals surface area contributed by atoms with Crippen molar-refractivity contribution in [3.63, 3.8) is 0 Å². The fourth-order valence-corrected chi connectivity index (χ4v) is 3.54. The molecule has 0 unspecified atom stereocenters. The number of rotatable bonds is 7. The Labute approximate surface area is 155 Å². The highest BCUT2D eigenvalue weighted by Gasteiger charge is 2.23. The number of nitrogens with one attached hydrogen (secondary N) is 1. The van der Waals surface area contributed by atoms with Gasteiger partial charge in [-0.2, -0.15) is 4.68 Å². The fourth-order valence-electron chi connectivity index (χ4n) is 2.44. The minimum absolute atomic E-state index is 0.149. The van der Waals surface area contributed by atoms with E-state index in [1.54, 1.807) is 17.7 Å². The van der Waals surface area contributed by atoms with E-state index in [2.05, 4.69) is 26.0 Å². The van der Waals surface area contributed by atoms with Crippen molar-refractivity contribution in [3.05, 3.63) is 41.7 Å². The first kappa shape index (κ1) is 18.1. The molecule has 3 rings (SSSR count). The molecule has 1 aromatic carbocycles. The summed E-state index contributed by atoms with van der Waals surface area (Å²) in [6.07, 6.45) is 1.54. The van der Waals surface area contributed by atoms with Crippen molar-refractivity contribution in [1.29, 1.82) is 0 Å². The highest BCUT2D eigenvalue weighted by atomic mass is 32.2. The van der Waals surface area contributed by atoms with E-state index in [0.717, 1.165) is 17.7 Å². The Morgan fingerprint density at radius 3 is 2.88 bits per heavy atom. The number of carbonyl (C=O) groups excluding carboxylic acids is 1. The van der Waals surface area contributed by atoms with E-state index in [0.29, 0.717) is 23.2 Å². The molecule has 0 saturated carbocycles. The second-order valence-corrected chi connectivity index (χ2v) is 7.09. The van der Waals surface area contributed by atoms with Crippen molar-refractivity contribution in [1.82, 2.24) is 25.4 Å². The highest BCUT2D eigenvalue weighted by Crippen LogP contribution is 2.27. The number of hydrogen-bond acceptors (Lipinski definition) is 7. The largest absolute Gasteiger partial charge is 0.360 e. The first-order chi connectivity index (χ1) is 12.6. The molecule has 0 bridgehead atoms. The normalized spacial score (nSPS) is 12.1. The Kier molecular flexibility index (Phi) is 5.67. The van der Waals surface area contributed by atoms with Gasteiger partial charge in [-0.25, -0.2) is 0 Å². The molecule has 3 aromatic rings. The number of anilines is 1. The molecule has 2 aromatic heterocycles. The van der Waals surface area contributed by atoms with Gasteiger partial charge in [0.15, 0.2) is 5.82 Å². The van der Waals surface area contributed by atoms with Gasteiger partial charge in [0, 0.05) is 6.07 Å². The Morgan fingerprint density at radius 1 is 1.35 bits per heavy atom. The zero-order valence-electron chi connectivity index (χ0n) is 14.8. The SMILES string of the molecule is CCC[C@H](Sc1nnnn1-c1cccc(C)c1)C(=O)Nc1cc(C)on1. The molecule has 26 heavy (non-hydrogen) atoms. The standard InChI is InChI=1S/C17H20N6O2S/c1-4-6-14(16(24)18-15-10-12(3)25-20-15)26-17-19-21-22-23(17)13-8-5-7-11(2)9-13/h5,7-10,14H,4,6H2,1-3H3,(H,18,20,24)/t14-/m0/s1. The Balaban J connectivity index is 1.78. The van der Waals surface area contributed by atoms with E-state index >= 15 is 0 Å². The van der Waals surface area contributed by atoms with Crippen LogP contribution in [-0.4, -0.2) is 36.5 Å². The number of tetrazole rings is 1. The van der Waals surface area contributed by atoms with Crippen LogP contribution in [0.4, 0.5) is 5.82 Å². The first-order valence-corrected chi connectivity index (χ1v) is 9.21. The van der Waals surface area contributed by atoms with Crippen LogP contribution in [0.3, 0.4) is 0 Å². The van der Waals surface area contributed by atoms with Crippen molar-refractivity contribution in [2.75, 3.05) is 5.32 Å². The average Bonchev–Trinajstić information content (AvgIpc) is 3.23. The molecule has 0 aliphatic rings. The summed E-state index contributed by atoms with van der Waals surface area (Å²) in [4.78, 5) is 12.6. The number of aromatic nitrogens is 5. The van der Waals surface area contributed by atoms with Crippen LogP contribution in [0.1, 0.15) is 31.1 Å². The summed E-state index contributed by atoms with van der Waals surface area (Å²) in [6.45, 7) is 5.81. The van der Waals surface area contributed by atoms with Gasteiger partial charge in [-0.15, -0.1) is 5.10 Å². The minimum Gasteiger partial charge on any atom is -0.360 e. The van der Waals surface area contributed by atoms with Crippen LogP contribution < -0.4 is 5.32 Å². The Hall–Kier alpha value is -2.68. The number of carbonyl (C=O) groups is 1. The monoisotopic (exact) mass is 372 g/mol. The van der Waals surface area contributed by atoms with Crippen molar-refractivity contribution >= 4 is 23.5 Å². The van der Waals surface area contributed by atoms with Gasteiger partial charge in [0.2, 0.25) is 11.1 Å². The van der Waals surface area contributed by atoms with Crippen LogP contribution in [0, 0.1) is 13.8 Å². The third-order valence-corrected chi connectivity index (χ3v) is 4.86. The van der Waals surface area contributed by atoms with Gasteiger partial charge in [-0.05, 0) is 48.4 Å². The predicted octanol–water partition coefficient (Wildman–Crippen LogP) is 3.17. The number of hydrogen-bond donors (Lipinski definition) is 1. The number of aryl methyl sites for hydroxylation is 2. The number of amides is 1. The molecule has 0 fully saturated rings. The third kappa shape index (κ3) is 4.29. The van der Waals surface area contributed by atoms with E-state index in [1.807, 2.05) is 38.1 Å². The topological polar surface area (TPSA) is 98.7 Å². The molecule has 9 heteroatoms. The maximum absolute atomic E-state index is 12.6. The van der Waals surface area contributed by atoms with Crippen molar-refractivity contribution < 1.29 is 9.32 Å². The lowest BCUT2D eigenvalue weighted by Gasteiger charge is -2.14. The van der Waals surface area contributed by atoms with E-state index < -0.39 is 0 Å². The Bertz CT molecular complexity index is 891. The van der Waals surface area contributed by atoms with Crippen LogP contribution in [0.5, 0.6) is 0 Å². The Morgan fingerprint density at radius 2 is 2.19 bits per heavy atom. The molecular formula is C17H20N6O2S. The van der Waals surface area contributed by atoms with E-state index in [4.69, 9.17) is 4.52 Å². The number of benzene rings is 1. The first-order valence-electron chi connectivity index (χ1n) is 8.33. The lowest BCUT2D eigenvalue weighted by atomic mass is 10.2. The molecule has 0 saturated heterocycles. The van der Waals surface area contributed by atoms with Crippen LogP contribution in [0.15, 0.2) is 40.0 Å². The third-order valence-electron chi connectivity index (χ3n) is 3.66. The maximum Gasteiger partial charge on any atom is 0.239 e. The quantitative estimate of drug-likeness (QED) is 0.636. The van der Waals surface area contributed by atoms with Crippen LogP contribution in [0.25, 0.3) is 5.69 Å². The number of nitrogens with zero attached hydrogens (tertiary/aromatic N) is 5. The van der Waals surface area contributed by atoms with Crippen LogP contribution in [0.2, 0.25) is 0 Å². The molecule has 1 atom stereocenters. The minimum atomic E-state index is -0.341. The summed E-state index contributed by atoms with van der Waals surface area (Å²) >= 11 is 1.34. The summed E-state index contributed by atoms with van der Waals surface area (Å²) in [7, 11) is 0. The zero-order chi connectivity index (χ0) is 18.5. The molecule has 0 spiro atoms. The van der Waals surface area contributed by atoms with Gasteiger partial charge >= 0.3 is 0 Å². The second-order valence-electron chi connectivity index (χ2n) is 5.92. The van der Waals surface area contributed by atoms with Gasteiger partial charge in [0.25, 0.3) is 0 Å². The highest BCUT2D eigenvalue weighted by molar-refractivity contribution is 8.00. The summed E-state index contributed by atoms with van der Waals surface area (Å²) in [5, 5.41) is 18.7. The molecule has 0 aliphatic heterocycles. The molecule has 2 heterocycles. The molecule has 8 nitrogen and oxygen atoms in total. The molecular weight excluding hydrogens is 352 g/mol. The van der Waals surface area contributed by atoms with E-state index in [-0.39, 0.29) is 11.2 Å². The molecule has 1 N–H and O–H groups in total. The smallest absolute Gasteiger partial charge is 0.239 e. The summed E-state index contributed by atoms with van der Waals surface area (Å²) in [5.41, 5.74) is 1.97. The fraction of sp³-hybridized carbons (Fsp3) is 0.353. The van der Waals surface area contributed by atoms with Gasteiger partial charge in [-0.1, -0.05) is 42.4 Å². The van der Waals surface area contributed by atoms with Gasteiger partial charge in [-0.3, -0.25) is 4.79 Å². The lowest BCUT2D eigenvalue weighted by molar-refractivity contribution is -0.115. The van der Waals surface area contributed by atoms with Crippen LogP contribution in [-0.2, 0) is 4.79 Å². The van der Waals surface area contributed by atoms with Gasteiger partial charge < -0.3 is 9.84 Å². The van der Waals surface area contributed by atoms with Crippen molar-refractivity contribution in [3.8, 4) is 5.69 Å². The van der Waals surface area contributed by atoms with Gasteiger partial charge in [0.05, 0.1) is 10.9 Å². The van der Waals surface area contributed by atoms with E-state index in [1.165, 1.54) is 11.8 Å².